The second-order valence-corrected chi connectivity index (χ2v) is 8.04. The van der Waals surface area contributed by atoms with Crippen LogP contribution in [0.15, 0.2) is 0 Å². The van der Waals surface area contributed by atoms with Crippen LogP contribution in [0.2, 0.25) is 0 Å². The zero-order valence-electron chi connectivity index (χ0n) is 19.0. The molecule has 1 aliphatic rings. The van der Waals surface area contributed by atoms with E-state index in [4.69, 9.17) is 5.11 Å². The zero-order valence-corrected chi connectivity index (χ0v) is 19.0. The van der Waals surface area contributed by atoms with Crippen LogP contribution in [0.3, 0.4) is 0 Å². The highest BCUT2D eigenvalue weighted by atomic mass is 16.4. The van der Waals surface area contributed by atoms with Crippen LogP contribution in [0.25, 0.3) is 0 Å². The number of carbonyl (C=O) groups excluding carboxylic acids is 4. The number of hydrogen-bond acceptors (Lipinski definition) is 9. The van der Waals surface area contributed by atoms with E-state index in [2.05, 4.69) is 36.6 Å². The highest BCUT2D eigenvalue weighted by Gasteiger charge is 2.39. The summed E-state index contributed by atoms with van der Waals surface area (Å²) in [6, 6.07) is -1.90. The number of nitrogens with one attached hydrogen (secondary N) is 4. The first-order chi connectivity index (χ1) is 16.1. The maximum Gasteiger partial charge on any atom is 0.303 e. The predicted molar refractivity (Wildman–Crippen MR) is 113 cm³/mol. The number of carboxylic acid groups (broad SMARTS) is 1. The Labute approximate surface area is 195 Å². The standard InChI is InChI=1S/C19H30N8O7/c1-3-10(2)17(22-14(29)4-5-16(31)32)19(34)21-8-15(30)27-9-11(28)6-12(27)18(33)20-7-13-23-25-26-24-13/h10-12,17,28H,3-9H2,1-2H3,(H,20,33)(H,21,34)(H,22,29)(H,31,32)(H,23,24,25,26)/t10-,11+,12?,17-/m0/s1. The number of hydrogen-bond donors (Lipinski definition) is 6. The number of carboxylic acids is 1. The first kappa shape index (κ1) is 26.6. The van der Waals surface area contributed by atoms with Crippen LogP contribution < -0.4 is 16.0 Å². The summed E-state index contributed by atoms with van der Waals surface area (Å²) >= 11 is 0. The Bertz CT molecular complexity index is 878. The van der Waals surface area contributed by atoms with Gasteiger partial charge in [0.1, 0.15) is 12.1 Å². The second-order valence-electron chi connectivity index (χ2n) is 8.04. The molecule has 0 aliphatic carbocycles. The fraction of sp³-hybridized carbons (Fsp3) is 0.684. The molecule has 188 valence electrons. The summed E-state index contributed by atoms with van der Waals surface area (Å²) in [6.45, 7) is 3.03. The number of aromatic nitrogens is 4. The van der Waals surface area contributed by atoms with Crippen molar-refractivity contribution in [1.29, 1.82) is 0 Å². The molecule has 1 unspecified atom stereocenters. The van der Waals surface area contributed by atoms with Crippen molar-refractivity contribution in [1.82, 2.24) is 41.5 Å². The van der Waals surface area contributed by atoms with E-state index >= 15 is 0 Å². The number of nitrogens with zero attached hydrogens (tertiary/aromatic N) is 4. The monoisotopic (exact) mass is 482 g/mol. The van der Waals surface area contributed by atoms with Crippen molar-refractivity contribution in [2.45, 2.75) is 64.3 Å². The highest BCUT2D eigenvalue weighted by Crippen LogP contribution is 2.18. The lowest BCUT2D eigenvalue weighted by Crippen LogP contribution is -2.53. The average Bonchev–Trinajstić information content (AvgIpc) is 3.46. The van der Waals surface area contributed by atoms with Crippen molar-refractivity contribution in [3.63, 3.8) is 0 Å². The van der Waals surface area contributed by atoms with Gasteiger partial charge in [0, 0.05) is 19.4 Å². The van der Waals surface area contributed by atoms with Gasteiger partial charge in [-0.1, -0.05) is 25.5 Å². The highest BCUT2D eigenvalue weighted by molar-refractivity contribution is 5.93. The van der Waals surface area contributed by atoms with Crippen molar-refractivity contribution in [3.8, 4) is 0 Å². The van der Waals surface area contributed by atoms with Gasteiger partial charge in [-0.2, -0.15) is 5.21 Å². The van der Waals surface area contributed by atoms with Crippen LogP contribution in [0.5, 0.6) is 0 Å². The molecule has 34 heavy (non-hydrogen) atoms. The summed E-state index contributed by atoms with van der Waals surface area (Å²) < 4.78 is 0. The smallest absolute Gasteiger partial charge is 0.303 e. The van der Waals surface area contributed by atoms with Gasteiger partial charge in [0.2, 0.25) is 23.6 Å². The molecular weight excluding hydrogens is 452 g/mol. The molecule has 15 heteroatoms. The summed E-state index contributed by atoms with van der Waals surface area (Å²) in [5.41, 5.74) is 0. The van der Waals surface area contributed by atoms with Crippen molar-refractivity contribution >= 4 is 29.6 Å². The third kappa shape index (κ3) is 7.75. The van der Waals surface area contributed by atoms with Crippen molar-refractivity contribution in [2.75, 3.05) is 13.1 Å². The van der Waals surface area contributed by atoms with Crippen LogP contribution in [-0.2, 0) is 30.5 Å². The second kappa shape index (κ2) is 12.6. The number of aromatic amines is 1. The molecule has 4 amide bonds. The van der Waals surface area contributed by atoms with Crippen LogP contribution in [0, 0.1) is 5.92 Å². The molecule has 0 radical (unpaired) electrons. The Hall–Kier alpha value is -3.62. The zero-order chi connectivity index (χ0) is 25.3. The first-order valence-corrected chi connectivity index (χ1v) is 10.9. The molecule has 1 fully saturated rings. The number of rotatable bonds is 12. The van der Waals surface area contributed by atoms with Crippen molar-refractivity contribution in [3.05, 3.63) is 5.82 Å². The summed E-state index contributed by atoms with van der Waals surface area (Å²) in [4.78, 5) is 61.8. The van der Waals surface area contributed by atoms with E-state index in [9.17, 15) is 29.1 Å². The van der Waals surface area contributed by atoms with Gasteiger partial charge < -0.3 is 31.1 Å². The Kier molecular flexibility index (Phi) is 9.85. The van der Waals surface area contributed by atoms with Crippen LogP contribution in [0.1, 0.15) is 45.4 Å². The lowest BCUT2D eigenvalue weighted by atomic mass is 9.98. The van der Waals surface area contributed by atoms with Gasteiger partial charge in [0.15, 0.2) is 5.82 Å². The van der Waals surface area contributed by atoms with E-state index in [1.165, 1.54) is 4.90 Å². The molecule has 6 N–H and O–H groups in total. The number of likely N-dealkylation sites (tertiary alicyclic amines) is 1. The van der Waals surface area contributed by atoms with Gasteiger partial charge in [-0.15, -0.1) is 10.2 Å². The normalized spacial score (nSPS) is 19.2. The Balaban J connectivity index is 1.93. The van der Waals surface area contributed by atoms with Gasteiger partial charge >= 0.3 is 5.97 Å². The van der Waals surface area contributed by atoms with Crippen LogP contribution in [-0.4, -0.2) is 96.6 Å². The number of carbonyl (C=O) groups is 5. The number of H-pyrrole nitrogens is 1. The molecule has 0 spiro atoms. The van der Waals surface area contributed by atoms with E-state index in [1.54, 1.807) is 6.92 Å². The van der Waals surface area contributed by atoms with Crippen molar-refractivity contribution in [2.24, 2.45) is 5.92 Å². The largest absolute Gasteiger partial charge is 0.481 e. The Morgan fingerprint density at radius 3 is 2.56 bits per heavy atom. The van der Waals surface area contributed by atoms with Crippen LogP contribution in [0.4, 0.5) is 0 Å². The van der Waals surface area contributed by atoms with Gasteiger partial charge in [0.25, 0.3) is 0 Å². The Morgan fingerprint density at radius 2 is 1.94 bits per heavy atom. The third-order valence-corrected chi connectivity index (χ3v) is 5.50. The average molecular weight is 482 g/mol. The van der Waals surface area contributed by atoms with E-state index in [0.29, 0.717) is 6.42 Å². The molecular formula is C19H30N8O7. The number of amides is 4. The molecule has 0 aromatic carbocycles. The predicted octanol–water partition coefficient (Wildman–Crippen LogP) is -2.71. The Morgan fingerprint density at radius 1 is 1.21 bits per heavy atom. The molecule has 1 saturated heterocycles. The molecule has 1 aromatic rings. The molecule has 4 atom stereocenters. The van der Waals surface area contributed by atoms with Crippen LogP contribution >= 0.6 is 0 Å². The number of aliphatic carboxylic acids is 1. The summed E-state index contributed by atoms with van der Waals surface area (Å²) in [5.74, 6) is -3.44. The van der Waals surface area contributed by atoms with Gasteiger partial charge in [-0.25, -0.2) is 0 Å². The van der Waals surface area contributed by atoms with Gasteiger partial charge in [-0.05, 0) is 5.92 Å². The molecule has 15 nitrogen and oxygen atoms in total. The number of β-amino-alcohol motifs (C(OH)–C–C–N with tert-alkyl or cyclic N) is 1. The maximum absolute atomic E-state index is 12.7. The topological polar surface area (TPSA) is 220 Å². The number of tetrazole rings is 1. The van der Waals surface area contributed by atoms with Crippen molar-refractivity contribution < 1.29 is 34.2 Å². The minimum absolute atomic E-state index is 0.0150. The number of aliphatic hydroxyl groups excluding tert-OH is 1. The summed E-state index contributed by atoms with van der Waals surface area (Å²) in [7, 11) is 0. The minimum Gasteiger partial charge on any atom is -0.481 e. The van der Waals surface area contributed by atoms with Gasteiger partial charge in [-0.3, -0.25) is 24.0 Å². The van der Waals surface area contributed by atoms with E-state index < -0.39 is 54.3 Å². The summed E-state index contributed by atoms with van der Waals surface area (Å²) in [5, 5.41) is 39.3. The minimum atomic E-state index is -1.13. The first-order valence-electron chi connectivity index (χ1n) is 10.9. The molecule has 2 rings (SSSR count). The lowest BCUT2D eigenvalue weighted by molar-refractivity contribution is -0.140. The maximum atomic E-state index is 12.7. The van der Waals surface area contributed by atoms with E-state index in [-0.39, 0.29) is 44.1 Å². The quantitative estimate of drug-likeness (QED) is 0.181. The van der Waals surface area contributed by atoms with Gasteiger partial charge in [0.05, 0.1) is 25.6 Å². The summed E-state index contributed by atoms with van der Waals surface area (Å²) in [6.07, 6.45) is -0.964. The lowest BCUT2D eigenvalue weighted by Gasteiger charge is -2.26. The fourth-order valence-corrected chi connectivity index (χ4v) is 3.42. The third-order valence-electron chi connectivity index (χ3n) is 5.50. The molecule has 0 saturated carbocycles. The fourth-order valence-electron chi connectivity index (χ4n) is 3.42. The molecule has 2 heterocycles. The molecule has 1 aliphatic heterocycles. The number of aliphatic hydroxyl groups is 1. The van der Waals surface area contributed by atoms with E-state index in [1.807, 2.05) is 6.92 Å². The SMILES string of the molecule is CC[C@H](C)[C@H](NC(=O)CCC(=O)O)C(=O)NCC(=O)N1C[C@H](O)CC1C(=O)NCc1nn[nH]n1. The molecule has 1 aromatic heterocycles. The van der Waals surface area contributed by atoms with E-state index in [0.717, 1.165) is 0 Å². The molecule has 0 bridgehead atoms.